The van der Waals surface area contributed by atoms with Gasteiger partial charge in [-0.15, -0.1) is 24.0 Å². The molecule has 0 unspecified atom stereocenters. The molecule has 11 heteroatoms. The minimum Gasteiger partial charge on any atom is -0.361 e. The van der Waals surface area contributed by atoms with E-state index < -0.39 is 10.0 Å². The Balaban J connectivity index is 0.00000300. The molecule has 0 aliphatic carbocycles. The third kappa shape index (κ3) is 6.72. The van der Waals surface area contributed by atoms with Crippen LogP contribution in [0.1, 0.15) is 5.56 Å². The maximum atomic E-state index is 13.3. The first kappa shape index (κ1) is 24.2. The van der Waals surface area contributed by atoms with Crippen LogP contribution in [0, 0.1) is 5.82 Å². The van der Waals surface area contributed by atoms with Crippen LogP contribution in [0.25, 0.3) is 10.9 Å². The zero-order chi connectivity index (χ0) is 20.0. The lowest BCUT2D eigenvalue weighted by molar-refractivity contribution is 0.443. The standard InChI is InChI=1S/C18H26FN5O2S2.HI/c1-20-18(22-6-11-28(25,26)24-7-9-27-10-8-24)21-5-4-14-13-23-17-12-15(19)2-3-16(14)17;/h2-3,12-13,23H,4-11H2,1H3,(H2,20,21,22);1H. The van der Waals surface area contributed by atoms with Crippen molar-refractivity contribution >= 4 is 62.6 Å². The Morgan fingerprint density at radius 3 is 2.72 bits per heavy atom. The minimum absolute atomic E-state index is 0. The van der Waals surface area contributed by atoms with Crippen molar-refractivity contribution in [1.29, 1.82) is 0 Å². The van der Waals surface area contributed by atoms with Gasteiger partial charge in [-0.05, 0) is 30.2 Å². The van der Waals surface area contributed by atoms with E-state index in [-0.39, 0.29) is 35.5 Å². The van der Waals surface area contributed by atoms with Crippen LogP contribution in [0.3, 0.4) is 0 Å². The van der Waals surface area contributed by atoms with E-state index in [0.29, 0.717) is 32.1 Å². The molecule has 2 aromatic rings. The number of fused-ring (bicyclic) bond motifs is 1. The predicted molar refractivity (Wildman–Crippen MR) is 129 cm³/mol. The van der Waals surface area contributed by atoms with E-state index in [2.05, 4.69) is 20.6 Å². The molecule has 1 fully saturated rings. The number of thioether (sulfide) groups is 1. The van der Waals surface area contributed by atoms with Crippen LogP contribution in [0.2, 0.25) is 0 Å². The number of hydrogen-bond donors (Lipinski definition) is 3. The molecule has 1 aromatic heterocycles. The van der Waals surface area contributed by atoms with Gasteiger partial charge < -0.3 is 15.6 Å². The summed E-state index contributed by atoms with van der Waals surface area (Å²) in [6.07, 6.45) is 2.61. The van der Waals surface area contributed by atoms with E-state index >= 15 is 0 Å². The van der Waals surface area contributed by atoms with Gasteiger partial charge in [0.2, 0.25) is 10.0 Å². The molecule has 0 atom stereocenters. The van der Waals surface area contributed by atoms with Crippen molar-refractivity contribution in [2.45, 2.75) is 6.42 Å². The molecule has 0 amide bonds. The Labute approximate surface area is 192 Å². The second-order valence-corrected chi connectivity index (χ2v) is 9.82. The van der Waals surface area contributed by atoms with Crippen LogP contribution in [0.5, 0.6) is 0 Å². The second kappa shape index (κ2) is 11.4. The molecule has 2 heterocycles. The Morgan fingerprint density at radius 2 is 2.00 bits per heavy atom. The van der Waals surface area contributed by atoms with E-state index in [0.717, 1.165) is 34.4 Å². The van der Waals surface area contributed by atoms with Crippen molar-refractivity contribution in [2.75, 3.05) is 50.5 Å². The maximum Gasteiger partial charge on any atom is 0.215 e. The fourth-order valence-electron chi connectivity index (χ4n) is 3.15. The van der Waals surface area contributed by atoms with E-state index in [1.54, 1.807) is 29.2 Å². The van der Waals surface area contributed by atoms with Gasteiger partial charge in [0.15, 0.2) is 5.96 Å². The zero-order valence-electron chi connectivity index (χ0n) is 16.3. The van der Waals surface area contributed by atoms with Crippen LogP contribution in [-0.2, 0) is 16.4 Å². The van der Waals surface area contributed by atoms with Crippen LogP contribution < -0.4 is 10.6 Å². The van der Waals surface area contributed by atoms with Gasteiger partial charge in [-0.25, -0.2) is 17.1 Å². The molecule has 3 N–H and O–H groups in total. The van der Waals surface area contributed by atoms with Crippen LogP contribution in [0.4, 0.5) is 4.39 Å². The number of guanidine groups is 1. The van der Waals surface area contributed by atoms with Gasteiger partial charge in [-0.1, -0.05) is 0 Å². The smallest absolute Gasteiger partial charge is 0.215 e. The average Bonchev–Trinajstić information content (AvgIpc) is 3.09. The number of H-pyrrole nitrogens is 1. The van der Waals surface area contributed by atoms with Gasteiger partial charge in [0.25, 0.3) is 0 Å². The van der Waals surface area contributed by atoms with Crippen molar-refractivity contribution in [3.8, 4) is 0 Å². The largest absolute Gasteiger partial charge is 0.361 e. The number of nitrogens with one attached hydrogen (secondary N) is 3. The number of halogens is 2. The third-order valence-corrected chi connectivity index (χ3v) is 7.47. The number of rotatable bonds is 7. The molecule has 1 aromatic carbocycles. The average molecular weight is 555 g/mol. The molecule has 7 nitrogen and oxygen atoms in total. The molecule has 29 heavy (non-hydrogen) atoms. The molecule has 0 radical (unpaired) electrons. The van der Waals surface area contributed by atoms with Gasteiger partial charge >= 0.3 is 0 Å². The number of aromatic amines is 1. The first-order valence-corrected chi connectivity index (χ1v) is 12.0. The monoisotopic (exact) mass is 555 g/mol. The molecule has 0 spiro atoms. The first-order chi connectivity index (χ1) is 13.5. The third-order valence-electron chi connectivity index (χ3n) is 4.66. The summed E-state index contributed by atoms with van der Waals surface area (Å²) in [6, 6.07) is 4.71. The summed E-state index contributed by atoms with van der Waals surface area (Å²) < 4.78 is 39.6. The molecular weight excluding hydrogens is 528 g/mol. The first-order valence-electron chi connectivity index (χ1n) is 9.25. The highest BCUT2D eigenvalue weighted by atomic mass is 127. The van der Waals surface area contributed by atoms with Crippen molar-refractivity contribution in [2.24, 2.45) is 4.99 Å². The Bertz CT molecular complexity index is 929. The topological polar surface area (TPSA) is 89.6 Å². The van der Waals surface area contributed by atoms with Gasteiger partial charge in [-0.3, -0.25) is 4.99 Å². The molecule has 1 aliphatic rings. The van der Waals surface area contributed by atoms with Crippen molar-refractivity contribution in [1.82, 2.24) is 19.9 Å². The Morgan fingerprint density at radius 1 is 1.28 bits per heavy atom. The van der Waals surface area contributed by atoms with Crippen LogP contribution in [0.15, 0.2) is 29.4 Å². The normalized spacial score (nSPS) is 15.9. The van der Waals surface area contributed by atoms with Gasteiger partial charge in [0.05, 0.1) is 5.75 Å². The molecule has 162 valence electrons. The Kier molecular flexibility index (Phi) is 9.50. The number of sulfonamides is 1. The number of nitrogens with zero attached hydrogens (tertiary/aromatic N) is 2. The summed E-state index contributed by atoms with van der Waals surface area (Å²) in [5, 5.41) is 7.25. The number of benzene rings is 1. The molecule has 3 rings (SSSR count). The van der Waals surface area contributed by atoms with E-state index in [1.165, 1.54) is 12.1 Å². The summed E-state index contributed by atoms with van der Waals surface area (Å²) in [5.41, 5.74) is 1.86. The summed E-state index contributed by atoms with van der Waals surface area (Å²) in [5.74, 6) is 2.07. The summed E-state index contributed by atoms with van der Waals surface area (Å²) in [7, 11) is -1.58. The summed E-state index contributed by atoms with van der Waals surface area (Å²) >= 11 is 1.78. The van der Waals surface area contributed by atoms with E-state index in [9.17, 15) is 12.8 Å². The summed E-state index contributed by atoms with van der Waals surface area (Å²) in [4.78, 5) is 7.21. The van der Waals surface area contributed by atoms with Crippen molar-refractivity contribution < 1.29 is 12.8 Å². The number of hydrogen-bond acceptors (Lipinski definition) is 4. The fraction of sp³-hybridized carbons (Fsp3) is 0.500. The van der Waals surface area contributed by atoms with E-state index in [1.807, 2.05) is 6.20 Å². The van der Waals surface area contributed by atoms with Gasteiger partial charge in [0, 0.05) is 61.8 Å². The molecule has 0 bridgehead atoms. The van der Waals surface area contributed by atoms with E-state index in [4.69, 9.17) is 0 Å². The number of aromatic nitrogens is 1. The SMILES string of the molecule is CN=C(NCCc1c[nH]c2cc(F)ccc12)NCCS(=O)(=O)N1CCSCC1.I. The lowest BCUT2D eigenvalue weighted by atomic mass is 10.1. The minimum atomic E-state index is -3.23. The molecule has 1 aliphatic heterocycles. The molecule has 1 saturated heterocycles. The predicted octanol–water partition coefficient (Wildman–Crippen LogP) is 2.01. The van der Waals surface area contributed by atoms with Gasteiger partial charge in [0.1, 0.15) is 5.82 Å². The number of aliphatic imine (C=N–C) groups is 1. The Hall–Kier alpha value is -1.05. The highest BCUT2D eigenvalue weighted by Crippen LogP contribution is 2.19. The molecular formula is C18H27FIN5O2S2. The van der Waals surface area contributed by atoms with Crippen LogP contribution in [-0.4, -0.2) is 74.2 Å². The fourth-order valence-corrected chi connectivity index (χ4v) is 5.65. The van der Waals surface area contributed by atoms with Crippen molar-refractivity contribution in [3.63, 3.8) is 0 Å². The van der Waals surface area contributed by atoms with Crippen LogP contribution >= 0.6 is 35.7 Å². The lowest BCUT2D eigenvalue weighted by Crippen LogP contribution is -2.44. The van der Waals surface area contributed by atoms with Gasteiger partial charge in [-0.2, -0.15) is 11.8 Å². The highest BCUT2D eigenvalue weighted by Gasteiger charge is 2.23. The lowest BCUT2D eigenvalue weighted by Gasteiger charge is -2.25. The summed E-state index contributed by atoms with van der Waals surface area (Å²) in [6.45, 7) is 2.11. The second-order valence-electron chi connectivity index (χ2n) is 6.51. The quantitative estimate of drug-likeness (QED) is 0.277. The maximum absolute atomic E-state index is 13.3. The molecule has 0 saturated carbocycles. The highest BCUT2D eigenvalue weighted by molar-refractivity contribution is 14.0. The zero-order valence-corrected chi connectivity index (χ0v) is 20.2. The van der Waals surface area contributed by atoms with Crippen molar-refractivity contribution in [3.05, 3.63) is 35.8 Å².